The number of likely N-dealkylation sites (tertiary alicyclic amines) is 1. The van der Waals surface area contributed by atoms with Gasteiger partial charge in [0.05, 0.1) is 6.61 Å². The summed E-state index contributed by atoms with van der Waals surface area (Å²) in [5, 5.41) is 10.2. The Labute approximate surface area is 147 Å². The number of carboxylic acid groups (broad SMARTS) is 1. The fraction of sp³-hybridized carbons (Fsp3) is 0.556. The minimum Gasteiger partial charge on any atom is -0.481 e. The van der Waals surface area contributed by atoms with Crippen LogP contribution in [0.3, 0.4) is 0 Å². The van der Waals surface area contributed by atoms with Gasteiger partial charge in [-0.2, -0.15) is 0 Å². The van der Waals surface area contributed by atoms with Crippen LogP contribution >= 0.6 is 11.6 Å². The van der Waals surface area contributed by atoms with Gasteiger partial charge in [0.1, 0.15) is 5.41 Å². The molecule has 0 radical (unpaired) electrons. The maximum absolute atomic E-state index is 12.8. The van der Waals surface area contributed by atoms with Crippen molar-refractivity contribution in [2.24, 2.45) is 11.3 Å². The lowest BCUT2D eigenvalue weighted by Crippen LogP contribution is -2.53. The Morgan fingerprint density at radius 3 is 2.83 bits per heavy atom. The third kappa shape index (κ3) is 4.28. The first-order valence-corrected chi connectivity index (χ1v) is 8.51. The number of halogens is 1. The Hall–Kier alpha value is -1.59. The molecular formula is C18H24ClNO4. The molecular weight excluding hydrogens is 330 g/mol. The molecule has 1 saturated heterocycles. The number of nitrogens with zero attached hydrogens (tertiary/aromatic N) is 1. The first kappa shape index (κ1) is 18.7. The number of carbonyl (C=O) groups excluding carboxylic acids is 1. The number of piperidine rings is 1. The second-order valence-corrected chi connectivity index (χ2v) is 7.05. The number of carboxylic acids is 1. The Kier molecular flexibility index (Phi) is 6.24. The lowest BCUT2D eigenvalue weighted by Gasteiger charge is -2.40. The average Bonchev–Trinajstić information content (AvgIpc) is 2.54. The van der Waals surface area contributed by atoms with E-state index in [1.165, 1.54) is 7.11 Å². The summed E-state index contributed by atoms with van der Waals surface area (Å²) in [7, 11) is 1.49. The molecule has 1 aliphatic rings. The van der Waals surface area contributed by atoms with E-state index in [4.69, 9.17) is 16.3 Å². The molecule has 2 unspecified atom stereocenters. The van der Waals surface area contributed by atoms with E-state index < -0.39 is 11.4 Å². The fourth-order valence-electron chi connectivity index (χ4n) is 3.37. The van der Waals surface area contributed by atoms with Crippen molar-refractivity contribution in [2.45, 2.75) is 26.2 Å². The highest BCUT2D eigenvalue weighted by molar-refractivity contribution is 6.30. The van der Waals surface area contributed by atoms with Crippen LogP contribution in [0.2, 0.25) is 5.02 Å². The molecule has 1 amide bonds. The monoisotopic (exact) mass is 353 g/mol. The van der Waals surface area contributed by atoms with Crippen LogP contribution in [-0.2, 0) is 20.7 Å². The van der Waals surface area contributed by atoms with Gasteiger partial charge in [0.15, 0.2) is 0 Å². The molecule has 0 saturated carbocycles. The van der Waals surface area contributed by atoms with Gasteiger partial charge in [-0.3, -0.25) is 9.59 Å². The summed E-state index contributed by atoms with van der Waals surface area (Å²) in [6.07, 6.45) is 1.79. The molecule has 6 heteroatoms. The van der Waals surface area contributed by atoms with Crippen LogP contribution in [0.5, 0.6) is 0 Å². The Morgan fingerprint density at radius 2 is 2.21 bits per heavy atom. The molecule has 5 nitrogen and oxygen atoms in total. The van der Waals surface area contributed by atoms with Crippen LogP contribution in [0.4, 0.5) is 0 Å². The van der Waals surface area contributed by atoms with E-state index in [1.54, 1.807) is 11.0 Å². The molecule has 2 rings (SSSR count). The minimum absolute atomic E-state index is 0.0172. The number of hydrogen-bond donors (Lipinski definition) is 1. The minimum atomic E-state index is -1.00. The number of hydrogen-bond acceptors (Lipinski definition) is 3. The molecule has 1 aromatic carbocycles. The summed E-state index contributed by atoms with van der Waals surface area (Å²) >= 11 is 5.99. The van der Waals surface area contributed by atoms with Crippen LogP contribution in [-0.4, -0.2) is 48.7 Å². The van der Waals surface area contributed by atoms with Crippen LogP contribution in [0.1, 0.15) is 25.3 Å². The van der Waals surface area contributed by atoms with Gasteiger partial charge in [0, 0.05) is 31.1 Å². The van der Waals surface area contributed by atoms with E-state index >= 15 is 0 Å². The van der Waals surface area contributed by atoms with E-state index in [2.05, 4.69) is 0 Å². The smallest absolute Gasteiger partial charge is 0.313 e. The molecule has 1 heterocycles. The van der Waals surface area contributed by atoms with Crippen LogP contribution < -0.4 is 0 Å². The van der Waals surface area contributed by atoms with Crippen molar-refractivity contribution in [1.82, 2.24) is 4.90 Å². The predicted octanol–water partition coefficient (Wildman–Crippen LogP) is 2.86. The zero-order chi connectivity index (χ0) is 17.7. The molecule has 0 bridgehead atoms. The van der Waals surface area contributed by atoms with Gasteiger partial charge in [-0.25, -0.2) is 0 Å². The van der Waals surface area contributed by atoms with Crippen molar-refractivity contribution < 1.29 is 19.4 Å². The van der Waals surface area contributed by atoms with Crippen LogP contribution in [0.15, 0.2) is 24.3 Å². The third-order valence-corrected chi connectivity index (χ3v) is 4.85. The maximum atomic E-state index is 12.8. The van der Waals surface area contributed by atoms with E-state index in [-0.39, 0.29) is 25.0 Å². The number of benzene rings is 1. The summed E-state index contributed by atoms with van der Waals surface area (Å²) < 4.78 is 5.11. The molecule has 24 heavy (non-hydrogen) atoms. The second-order valence-electron chi connectivity index (χ2n) is 6.62. The van der Waals surface area contributed by atoms with Crippen molar-refractivity contribution in [2.75, 3.05) is 26.8 Å². The predicted molar refractivity (Wildman–Crippen MR) is 92.1 cm³/mol. The summed E-state index contributed by atoms with van der Waals surface area (Å²) in [6.45, 7) is 2.79. The SMILES string of the molecule is COCC1(C(=O)O)CCCN(C(=O)C(C)Cc2cccc(Cl)c2)C1. The lowest BCUT2D eigenvalue weighted by atomic mass is 9.80. The Bertz CT molecular complexity index is 602. The van der Waals surface area contributed by atoms with E-state index in [1.807, 2.05) is 25.1 Å². The molecule has 1 aromatic rings. The molecule has 0 aromatic heterocycles. The normalized spacial score (nSPS) is 22.2. The van der Waals surface area contributed by atoms with Crippen molar-refractivity contribution in [1.29, 1.82) is 0 Å². The summed E-state index contributed by atoms with van der Waals surface area (Å²) in [5.41, 5.74) is 0.0000667. The quantitative estimate of drug-likeness (QED) is 0.854. The van der Waals surface area contributed by atoms with E-state index in [0.717, 1.165) is 5.56 Å². The molecule has 1 aliphatic heterocycles. The Balaban J connectivity index is 2.06. The molecule has 0 aliphatic carbocycles. The topological polar surface area (TPSA) is 66.8 Å². The van der Waals surface area contributed by atoms with Gasteiger partial charge in [-0.1, -0.05) is 30.7 Å². The Morgan fingerprint density at radius 1 is 1.46 bits per heavy atom. The van der Waals surface area contributed by atoms with E-state index in [9.17, 15) is 14.7 Å². The summed E-state index contributed by atoms with van der Waals surface area (Å²) in [5.74, 6) is -1.14. The van der Waals surface area contributed by atoms with Gasteiger partial charge < -0.3 is 14.7 Å². The highest BCUT2D eigenvalue weighted by Gasteiger charge is 2.44. The summed E-state index contributed by atoms with van der Waals surface area (Å²) in [6, 6.07) is 7.46. The standard InChI is InChI=1S/C18H24ClNO4/c1-13(9-14-5-3-6-15(19)10-14)16(21)20-8-4-7-18(11-20,12-24-2)17(22)23/h3,5-6,10,13H,4,7-9,11-12H2,1-2H3,(H,22,23). The van der Waals surface area contributed by atoms with Crippen molar-refractivity contribution in [3.05, 3.63) is 34.9 Å². The third-order valence-electron chi connectivity index (χ3n) is 4.62. The average molecular weight is 354 g/mol. The number of carbonyl (C=O) groups is 2. The van der Waals surface area contributed by atoms with Crippen molar-refractivity contribution >= 4 is 23.5 Å². The maximum Gasteiger partial charge on any atom is 0.313 e. The number of aliphatic carboxylic acids is 1. The first-order chi connectivity index (χ1) is 11.4. The van der Waals surface area contributed by atoms with Gasteiger partial charge in [-0.05, 0) is 37.0 Å². The molecule has 132 valence electrons. The number of ether oxygens (including phenoxy) is 1. The van der Waals surface area contributed by atoms with E-state index in [0.29, 0.717) is 30.8 Å². The molecule has 0 spiro atoms. The molecule has 1 N–H and O–H groups in total. The van der Waals surface area contributed by atoms with Gasteiger partial charge in [-0.15, -0.1) is 0 Å². The highest BCUT2D eigenvalue weighted by Crippen LogP contribution is 2.32. The first-order valence-electron chi connectivity index (χ1n) is 8.13. The van der Waals surface area contributed by atoms with Crippen LogP contribution in [0.25, 0.3) is 0 Å². The lowest BCUT2D eigenvalue weighted by molar-refractivity contribution is -0.159. The highest BCUT2D eigenvalue weighted by atomic mass is 35.5. The zero-order valence-electron chi connectivity index (χ0n) is 14.1. The molecule has 1 fully saturated rings. The van der Waals surface area contributed by atoms with Crippen LogP contribution in [0, 0.1) is 11.3 Å². The van der Waals surface area contributed by atoms with Crippen molar-refractivity contribution in [3.8, 4) is 0 Å². The summed E-state index contributed by atoms with van der Waals surface area (Å²) in [4.78, 5) is 26.1. The number of amides is 1. The van der Waals surface area contributed by atoms with Gasteiger partial charge >= 0.3 is 5.97 Å². The number of methoxy groups -OCH3 is 1. The van der Waals surface area contributed by atoms with Gasteiger partial charge in [0.2, 0.25) is 5.91 Å². The van der Waals surface area contributed by atoms with Crippen molar-refractivity contribution in [3.63, 3.8) is 0 Å². The zero-order valence-corrected chi connectivity index (χ0v) is 14.9. The largest absolute Gasteiger partial charge is 0.481 e. The second kappa shape index (κ2) is 7.99. The number of rotatable bonds is 6. The van der Waals surface area contributed by atoms with Gasteiger partial charge in [0.25, 0.3) is 0 Å². The fourth-order valence-corrected chi connectivity index (χ4v) is 3.58. The molecule has 2 atom stereocenters.